The zero-order valence-electron chi connectivity index (χ0n) is 63.1. The third kappa shape index (κ3) is 18.8. The lowest BCUT2D eigenvalue weighted by Gasteiger charge is -2.37. The molecular weight excluding hydrogens is 1660 g/mol. The summed E-state index contributed by atoms with van der Waals surface area (Å²) in [4.78, 5) is 38.3. The maximum absolute atomic E-state index is 15.7. The van der Waals surface area contributed by atoms with Crippen molar-refractivity contribution in [3.63, 3.8) is 0 Å². The van der Waals surface area contributed by atoms with Crippen LogP contribution in [0, 0.1) is 0 Å². The van der Waals surface area contributed by atoms with E-state index in [-0.39, 0.29) is 23.3 Å². The summed E-state index contributed by atoms with van der Waals surface area (Å²) < 4.78 is 171. The van der Waals surface area contributed by atoms with Gasteiger partial charge in [-0.05, 0) is 109 Å². The number of esters is 3. The lowest BCUT2D eigenvalue weighted by Crippen LogP contribution is -2.46. The number of hydrogen-bond donors (Lipinski definition) is 1. The van der Waals surface area contributed by atoms with Gasteiger partial charge in [-0.1, -0.05) is 328 Å². The fourth-order valence-corrected chi connectivity index (χ4v) is 15.6. The quantitative estimate of drug-likeness (QED) is 0.0102. The topological polar surface area (TPSA) is 198 Å². The standard InChI is InChI=1S/C32H28F2O7S.C31H25F2IO4.C31H26F2O5/c1-42(36,37)41-30-32(33,34)28(40-29(35)23-14-6-2-7-15-23)27(39-30)22-38-31(24-16-8-3-9-17-24,25-18-10-4-11-19-25)26-20-12-5-13-21-26;32-31(33)27(38-28(35)22-13-5-1-6-14-22)26(37-29(31)34)21-36-30(23-15-7-2-8-16-23,24-17-9-3-10-18-24)25-19-11-4-12-20-25;32-31(33)27(38-28(34)22-13-5-1-6-14-22)26(37-29(31)35)21-36-30(23-15-7-2-8-16-23,24-17-9-3-10-18-24)25-19-11-4-12-20-25/h2-21,27-28,30H,22H2,1H3;1-20,26-27,29H,21H2;1-20,26-27,29,35H,21H2/t27-,28?,30?;2*26-,27?,29?/m111/s1. The van der Waals surface area contributed by atoms with Crippen molar-refractivity contribution in [3.8, 4) is 0 Å². The summed E-state index contributed by atoms with van der Waals surface area (Å²) in [6.45, 7) is -1.18. The Kier molecular flexibility index (Phi) is 27.1. The number of hydrogen-bond acceptors (Lipinski definition) is 16. The second-order valence-corrected chi connectivity index (χ2v) is 30.4. The first-order chi connectivity index (χ1) is 57.0. The highest BCUT2D eigenvalue weighted by molar-refractivity contribution is 14.1. The molecule has 3 saturated heterocycles. The molecule has 12 aromatic carbocycles. The van der Waals surface area contributed by atoms with Crippen LogP contribution in [-0.4, -0.2) is 129 Å². The average molecular weight is 1740 g/mol. The van der Waals surface area contributed by atoms with E-state index in [9.17, 15) is 27.9 Å². The Morgan fingerprint density at radius 3 is 0.771 bits per heavy atom. The van der Waals surface area contributed by atoms with Gasteiger partial charge in [-0.2, -0.15) is 34.8 Å². The van der Waals surface area contributed by atoms with E-state index in [2.05, 4.69) is 4.18 Å². The molecule has 16 nitrogen and oxygen atoms in total. The molecule has 0 aromatic heterocycles. The first kappa shape index (κ1) is 84.9. The fourth-order valence-electron chi connectivity index (χ4n) is 14.4. The molecule has 1 N–H and O–H groups in total. The van der Waals surface area contributed by atoms with Crippen molar-refractivity contribution in [1.29, 1.82) is 0 Å². The predicted octanol–water partition coefficient (Wildman–Crippen LogP) is 18.1. The van der Waals surface area contributed by atoms with Crippen LogP contribution in [0.4, 0.5) is 26.3 Å². The summed E-state index contributed by atoms with van der Waals surface area (Å²) >= 11 is 1.54. The Morgan fingerprint density at radius 2 is 0.534 bits per heavy atom. The minimum absolute atomic E-state index is 0.0349. The molecule has 15 rings (SSSR count). The Hall–Kier alpha value is -11.0. The SMILES string of the molecule is CS(=O)(=O)OC1O[C@H](COC(c2ccccc2)(c2ccccc2)c2ccccc2)C(OC(=O)c2ccccc2)C1(F)F.O=C(OC1[C@@H](COC(c2ccccc2)(c2ccccc2)c2ccccc2)OC(I)C1(F)F)c1ccccc1.O=C(OC1[C@@H](COC(c2ccccc2)(c2ccccc2)c2ccccc2)OC(O)C1(F)F)c1ccccc1. The van der Waals surface area contributed by atoms with Crippen LogP contribution in [0.5, 0.6) is 0 Å². The molecule has 6 unspecified atom stereocenters. The molecule has 9 atom stereocenters. The molecule has 0 aliphatic carbocycles. The van der Waals surface area contributed by atoms with Gasteiger partial charge in [0.1, 0.15) is 35.1 Å². The molecular formula is C94H79F6IO16S. The van der Waals surface area contributed by atoms with E-state index in [0.29, 0.717) is 22.9 Å². The van der Waals surface area contributed by atoms with Crippen LogP contribution < -0.4 is 0 Å². The molecule has 3 aliphatic heterocycles. The number of aliphatic hydroxyl groups is 1. The van der Waals surface area contributed by atoms with Gasteiger partial charge >= 0.3 is 35.7 Å². The summed E-state index contributed by atoms with van der Waals surface area (Å²) in [6.07, 6.45) is -14.7. The van der Waals surface area contributed by atoms with E-state index in [4.69, 9.17) is 42.6 Å². The number of benzene rings is 12. The molecule has 24 heteroatoms. The maximum atomic E-state index is 15.7. The summed E-state index contributed by atoms with van der Waals surface area (Å²) in [5.41, 5.74) is 3.58. The molecule has 606 valence electrons. The number of aliphatic hydroxyl groups excluding tert-OH is 1. The maximum Gasteiger partial charge on any atom is 0.338 e. The van der Waals surface area contributed by atoms with Gasteiger partial charge in [0.05, 0.1) is 42.8 Å². The highest BCUT2D eigenvalue weighted by Gasteiger charge is 2.65. The molecule has 0 spiro atoms. The van der Waals surface area contributed by atoms with Gasteiger partial charge in [0.2, 0.25) is 12.6 Å². The number of carbonyl (C=O) groups excluding carboxylic acids is 3. The summed E-state index contributed by atoms with van der Waals surface area (Å²) in [7, 11) is -4.36. The Labute approximate surface area is 692 Å². The van der Waals surface area contributed by atoms with Gasteiger partial charge in [-0.15, -0.1) is 0 Å². The van der Waals surface area contributed by atoms with E-state index in [1.54, 1.807) is 77.2 Å². The van der Waals surface area contributed by atoms with Crippen LogP contribution in [0.15, 0.2) is 364 Å². The van der Waals surface area contributed by atoms with E-state index in [1.165, 1.54) is 36.4 Å². The van der Waals surface area contributed by atoms with Crippen LogP contribution in [0.1, 0.15) is 81.1 Å². The number of halogens is 7. The summed E-state index contributed by atoms with van der Waals surface area (Å²) in [5.74, 6) is -14.1. The van der Waals surface area contributed by atoms with Crippen molar-refractivity contribution in [2.45, 2.75) is 87.9 Å². The molecule has 12 aromatic rings. The molecule has 3 heterocycles. The Balaban J connectivity index is 0.000000154. The second-order valence-electron chi connectivity index (χ2n) is 27.7. The molecule has 0 saturated carbocycles. The van der Waals surface area contributed by atoms with Crippen LogP contribution in [0.2, 0.25) is 0 Å². The van der Waals surface area contributed by atoms with Crippen molar-refractivity contribution in [1.82, 2.24) is 0 Å². The normalized spacial score (nSPS) is 20.5. The zero-order chi connectivity index (χ0) is 83.0. The summed E-state index contributed by atoms with van der Waals surface area (Å²) in [5, 5.41) is 10.0. The van der Waals surface area contributed by atoms with Crippen molar-refractivity contribution >= 4 is 50.6 Å². The van der Waals surface area contributed by atoms with Gasteiger partial charge in [-0.25, -0.2) is 18.6 Å². The lowest BCUT2D eigenvalue weighted by atomic mass is 9.80. The van der Waals surface area contributed by atoms with Crippen molar-refractivity contribution in [2.75, 3.05) is 26.1 Å². The van der Waals surface area contributed by atoms with E-state index >= 15 is 26.3 Å². The Bertz CT molecular complexity index is 4820. The Morgan fingerprint density at radius 1 is 0.331 bits per heavy atom. The van der Waals surface area contributed by atoms with Gasteiger partial charge in [-0.3, -0.25) is 0 Å². The van der Waals surface area contributed by atoms with Gasteiger partial charge in [0.25, 0.3) is 10.1 Å². The molecule has 0 amide bonds. The second kappa shape index (κ2) is 37.7. The van der Waals surface area contributed by atoms with Crippen LogP contribution >= 0.6 is 22.6 Å². The highest BCUT2D eigenvalue weighted by atomic mass is 127. The lowest BCUT2D eigenvalue weighted by molar-refractivity contribution is -0.200. The summed E-state index contributed by atoms with van der Waals surface area (Å²) in [6, 6.07) is 108. The van der Waals surface area contributed by atoms with Crippen LogP contribution in [0.25, 0.3) is 0 Å². The fraction of sp³-hybridized carbons (Fsp3) is 0.202. The first-order valence-corrected chi connectivity index (χ1v) is 40.5. The number of alkyl halides is 7. The minimum Gasteiger partial charge on any atom is -0.449 e. The monoisotopic (exact) mass is 1740 g/mol. The third-order valence-electron chi connectivity index (χ3n) is 20.0. The van der Waals surface area contributed by atoms with Crippen molar-refractivity contribution in [2.24, 2.45) is 0 Å². The zero-order valence-corrected chi connectivity index (χ0v) is 66.1. The first-order valence-electron chi connectivity index (χ1n) is 37.5. The number of carbonyl (C=O) groups is 3. The van der Waals surface area contributed by atoms with Gasteiger partial charge in [0.15, 0.2) is 22.4 Å². The molecule has 0 radical (unpaired) electrons. The predicted molar refractivity (Wildman–Crippen MR) is 435 cm³/mol. The number of rotatable bonds is 26. The molecule has 3 fully saturated rings. The van der Waals surface area contributed by atoms with Crippen LogP contribution in [-0.2, 0) is 73.7 Å². The molecule has 118 heavy (non-hydrogen) atoms. The highest BCUT2D eigenvalue weighted by Crippen LogP contribution is 2.49. The van der Waals surface area contributed by atoms with Crippen LogP contribution in [0.3, 0.4) is 0 Å². The van der Waals surface area contributed by atoms with E-state index < -0.39 is 129 Å². The average Bonchev–Trinajstić information content (AvgIpc) is 0.884. The van der Waals surface area contributed by atoms with Crippen molar-refractivity contribution < 1.29 is 101 Å². The van der Waals surface area contributed by atoms with Crippen molar-refractivity contribution in [3.05, 3.63) is 431 Å². The van der Waals surface area contributed by atoms with E-state index in [1.807, 2.05) is 273 Å². The largest absolute Gasteiger partial charge is 0.449 e. The third-order valence-corrected chi connectivity index (χ3v) is 21.6. The molecule has 3 aliphatic rings. The minimum atomic E-state index is -4.36. The molecule has 0 bridgehead atoms. The van der Waals surface area contributed by atoms with Gasteiger partial charge < -0.3 is 47.7 Å². The number of ether oxygens (including phenoxy) is 9. The smallest absolute Gasteiger partial charge is 0.338 e. The van der Waals surface area contributed by atoms with E-state index in [0.717, 1.165) is 33.4 Å². The van der Waals surface area contributed by atoms with Gasteiger partial charge in [0, 0.05) is 0 Å².